The van der Waals surface area contributed by atoms with Gasteiger partial charge in [-0.15, -0.1) is 0 Å². The molecule has 0 aliphatic carbocycles. The Bertz CT molecular complexity index is 398. The van der Waals surface area contributed by atoms with Crippen LogP contribution in [0.15, 0.2) is 24.3 Å². The molecule has 1 atom stereocenters. The summed E-state index contributed by atoms with van der Waals surface area (Å²) in [6.07, 6.45) is 4.56. The lowest BCUT2D eigenvalue weighted by atomic mass is 10.1. The van der Waals surface area contributed by atoms with Crippen molar-refractivity contribution in [3.63, 3.8) is 0 Å². The number of nitro benzene ring substituents is 1. The minimum atomic E-state index is -0.361. The van der Waals surface area contributed by atoms with Crippen LogP contribution in [0.25, 0.3) is 0 Å². The number of nitrogens with one attached hydrogen (secondary N) is 2. The molecule has 1 aromatic carbocycles. The summed E-state index contributed by atoms with van der Waals surface area (Å²) in [4.78, 5) is 10.2. The molecule has 1 aliphatic heterocycles. The average Bonchev–Trinajstić information content (AvgIpc) is 2.68. The van der Waals surface area contributed by atoms with E-state index in [2.05, 4.69) is 10.6 Å². The molecule has 0 spiro atoms. The van der Waals surface area contributed by atoms with E-state index in [1.165, 1.54) is 19.3 Å². The van der Waals surface area contributed by atoms with Crippen LogP contribution in [0.2, 0.25) is 0 Å². The second kappa shape index (κ2) is 7.21. The molecule has 5 heteroatoms. The molecule has 0 aromatic heterocycles. The van der Waals surface area contributed by atoms with E-state index in [1.807, 2.05) is 12.1 Å². The standard InChI is InChI=1S/C14H21N3O2/c18-17(19)14-5-3-12(4-6-14)7-11-16-13-2-1-9-15-10-8-13/h3-6,13,15-16H,1-2,7-11H2. The number of nitro groups is 1. The molecule has 1 heterocycles. The Morgan fingerprint density at radius 2 is 2.05 bits per heavy atom. The molecule has 1 aromatic rings. The number of non-ortho nitro benzene ring substituents is 1. The van der Waals surface area contributed by atoms with Crippen LogP contribution in [0.5, 0.6) is 0 Å². The van der Waals surface area contributed by atoms with Gasteiger partial charge in [0.15, 0.2) is 0 Å². The molecule has 1 saturated heterocycles. The van der Waals surface area contributed by atoms with Gasteiger partial charge in [-0.3, -0.25) is 10.1 Å². The van der Waals surface area contributed by atoms with E-state index in [0.717, 1.165) is 31.6 Å². The van der Waals surface area contributed by atoms with E-state index in [0.29, 0.717) is 6.04 Å². The van der Waals surface area contributed by atoms with Crippen LogP contribution in [0.4, 0.5) is 5.69 Å². The molecular formula is C14H21N3O2. The Morgan fingerprint density at radius 1 is 1.26 bits per heavy atom. The van der Waals surface area contributed by atoms with Crippen molar-refractivity contribution in [1.82, 2.24) is 10.6 Å². The van der Waals surface area contributed by atoms with Crippen molar-refractivity contribution in [3.05, 3.63) is 39.9 Å². The Morgan fingerprint density at radius 3 is 2.79 bits per heavy atom. The molecular weight excluding hydrogens is 242 g/mol. The van der Waals surface area contributed by atoms with Crippen molar-refractivity contribution < 1.29 is 4.92 Å². The maximum atomic E-state index is 10.6. The summed E-state index contributed by atoms with van der Waals surface area (Å²) in [5.74, 6) is 0. The smallest absolute Gasteiger partial charge is 0.269 e. The summed E-state index contributed by atoms with van der Waals surface area (Å²) in [6, 6.07) is 7.44. The van der Waals surface area contributed by atoms with Crippen molar-refractivity contribution in [3.8, 4) is 0 Å². The van der Waals surface area contributed by atoms with Crippen LogP contribution in [0.3, 0.4) is 0 Å². The predicted molar refractivity (Wildman–Crippen MR) is 75.3 cm³/mol. The number of rotatable bonds is 5. The van der Waals surface area contributed by atoms with Gasteiger partial charge in [0.1, 0.15) is 0 Å². The lowest BCUT2D eigenvalue weighted by Gasteiger charge is -2.15. The van der Waals surface area contributed by atoms with Gasteiger partial charge < -0.3 is 10.6 Å². The van der Waals surface area contributed by atoms with Crippen LogP contribution >= 0.6 is 0 Å². The topological polar surface area (TPSA) is 67.2 Å². The number of nitrogens with zero attached hydrogens (tertiary/aromatic N) is 1. The van der Waals surface area contributed by atoms with E-state index in [4.69, 9.17) is 0 Å². The fourth-order valence-corrected chi connectivity index (χ4v) is 2.43. The highest BCUT2D eigenvalue weighted by atomic mass is 16.6. The summed E-state index contributed by atoms with van der Waals surface area (Å²) in [6.45, 7) is 3.15. The SMILES string of the molecule is O=[N+]([O-])c1ccc(CCNC2CCCNCC2)cc1. The van der Waals surface area contributed by atoms with Crippen molar-refractivity contribution in [2.75, 3.05) is 19.6 Å². The maximum Gasteiger partial charge on any atom is 0.269 e. The zero-order valence-electron chi connectivity index (χ0n) is 11.1. The molecule has 0 radical (unpaired) electrons. The molecule has 2 N–H and O–H groups in total. The zero-order chi connectivity index (χ0) is 13.5. The van der Waals surface area contributed by atoms with Gasteiger partial charge in [-0.25, -0.2) is 0 Å². The van der Waals surface area contributed by atoms with Crippen molar-refractivity contribution in [2.45, 2.75) is 31.7 Å². The van der Waals surface area contributed by atoms with E-state index in [-0.39, 0.29) is 10.6 Å². The normalized spacial score (nSPS) is 19.9. The second-order valence-corrected chi connectivity index (χ2v) is 5.01. The molecule has 5 nitrogen and oxygen atoms in total. The minimum absolute atomic E-state index is 0.159. The van der Waals surface area contributed by atoms with Crippen LogP contribution in [-0.4, -0.2) is 30.6 Å². The fraction of sp³-hybridized carbons (Fsp3) is 0.571. The summed E-state index contributed by atoms with van der Waals surface area (Å²) in [5, 5.41) is 17.5. The first-order valence-corrected chi connectivity index (χ1v) is 6.93. The van der Waals surface area contributed by atoms with Crippen LogP contribution in [-0.2, 0) is 6.42 Å². The Hall–Kier alpha value is -1.46. The predicted octanol–water partition coefficient (Wildman–Crippen LogP) is 1.87. The van der Waals surface area contributed by atoms with E-state index in [9.17, 15) is 10.1 Å². The number of hydrogen-bond donors (Lipinski definition) is 2. The number of hydrogen-bond acceptors (Lipinski definition) is 4. The van der Waals surface area contributed by atoms with E-state index < -0.39 is 0 Å². The van der Waals surface area contributed by atoms with Gasteiger partial charge in [-0.1, -0.05) is 12.1 Å². The molecule has 2 rings (SSSR count). The Balaban J connectivity index is 1.74. The third-order valence-corrected chi connectivity index (χ3v) is 3.57. The van der Waals surface area contributed by atoms with Crippen LogP contribution in [0, 0.1) is 10.1 Å². The third-order valence-electron chi connectivity index (χ3n) is 3.57. The van der Waals surface area contributed by atoms with Gasteiger partial charge in [0.25, 0.3) is 5.69 Å². The largest absolute Gasteiger partial charge is 0.317 e. The Kier molecular flexibility index (Phi) is 5.30. The van der Waals surface area contributed by atoms with Gasteiger partial charge >= 0.3 is 0 Å². The number of benzene rings is 1. The van der Waals surface area contributed by atoms with E-state index >= 15 is 0 Å². The minimum Gasteiger partial charge on any atom is -0.317 e. The third kappa shape index (κ3) is 4.61. The molecule has 19 heavy (non-hydrogen) atoms. The lowest BCUT2D eigenvalue weighted by molar-refractivity contribution is -0.384. The molecule has 0 bridgehead atoms. The highest BCUT2D eigenvalue weighted by Crippen LogP contribution is 2.12. The molecule has 0 amide bonds. The van der Waals surface area contributed by atoms with Gasteiger partial charge in [-0.05, 0) is 50.9 Å². The van der Waals surface area contributed by atoms with Crippen LogP contribution < -0.4 is 10.6 Å². The summed E-state index contributed by atoms with van der Waals surface area (Å²) in [5.41, 5.74) is 1.30. The molecule has 104 valence electrons. The average molecular weight is 263 g/mol. The first kappa shape index (κ1) is 14.0. The van der Waals surface area contributed by atoms with Crippen LogP contribution in [0.1, 0.15) is 24.8 Å². The second-order valence-electron chi connectivity index (χ2n) is 5.01. The van der Waals surface area contributed by atoms with Crippen molar-refractivity contribution in [1.29, 1.82) is 0 Å². The monoisotopic (exact) mass is 263 g/mol. The quantitative estimate of drug-likeness (QED) is 0.628. The van der Waals surface area contributed by atoms with Gasteiger partial charge in [0.05, 0.1) is 4.92 Å². The summed E-state index contributed by atoms with van der Waals surface area (Å²) >= 11 is 0. The fourth-order valence-electron chi connectivity index (χ4n) is 2.43. The summed E-state index contributed by atoms with van der Waals surface area (Å²) < 4.78 is 0. The maximum absolute atomic E-state index is 10.6. The van der Waals surface area contributed by atoms with Gasteiger partial charge in [0.2, 0.25) is 0 Å². The zero-order valence-corrected chi connectivity index (χ0v) is 11.1. The molecule has 1 aliphatic rings. The Labute approximate surface area is 113 Å². The van der Waals surface area contributed by atoms with E-state index in [1.54, 1.807) is 12.1 Å². The summed E-state index contributed by atoms with van der Waals surface area (Å²) in [7, 11) is 0. The van der Waals surface area contributed by atoms with Crippen molar-refractivity contribution >= 4 is 5.69 Å². The molecule has 1 unspecified atom stereocenters. The molecule has 0 saturated carbocycles. The first-order valence-electron chi connectivity index (χ1n) is 6.93. The highest BCUT2D eigenvalue weighted by Gasteiger charge is 2.10. The first-order chi connectivity index (χ1) is 9.25. The lowest BCUT2D eigenvalue weighted by Crippen LogP contribution is -2.31. The molecule has 1 fully saturated rings. The van der Waals surface area contributed by atoms with Crippen molar-refractivity contribution in [2.24, 2.45) is 0 Å². The van der Waals surface area contributed by atoms with Gasteiger partial charge in [0, 0.05) is 18.2 Å². The van der Waals surface area contributed by atoms with Gasteiger partial charge in [-0.2, -0.15) is 0 Å². The highest BCUT2D eigenvalue weighted by molar-refractivity contribution is 5.32.